The second kappa shape index (κ2) is 4.53. The summed E-state index contributed by atoms with van der Waals surface area (Å²) in [6.07, 6.45) is 4.25. The second-order valence-electron chi connectivity index (χ2n) is 6.98. The SMILES string of the molecule is CC(C)C1(CNC2CSCC(C)(C)C2)CC1. The Bertz CT molecular complexity index is 243. The molecule has 16 heavy (non-hydrogen) atoms. The maximum Gasteiger partial charge on any atom is 0.0163 e. The van der Waals surface area contributed by atoms with Gasteiger partial charge in [-0.15, -0.1) is 0 Å². The average Bonchev–Trinajstić information content (AvgIpc) is 2.94. The molecule has 1 aliphatic heterocycles. The summed E-state index contributed by atoms with van der Waals surface area (Å²) in [6.45, 7) is 10.8. The molecule has 94 valence electrons. The van der Waals surface area contributed by atoms with Crippen LogP contribution in [-0.2, 0) is 0 Å². The summed E-state index contributed by atoms with van der Waals surface area (Å²) >= 11 is 2.13. The van der Waals surface area contributed by atoms with Gasteiger partial charge in [0, 0.05) is 18.3 Å². The van der Waals surface area contributed by atoms with Crippen LogP contribution < -0.4 is 5.32 Å². The van der Waals surface area contributed by atoms with E-state index in [1.165, 1.54) is 37.3 Å². The number of nitrogens with one attached hydrogen (secondary N) is 1. The summed E-state index contributed by atoms with van der Waals surface area (Å²) in [4.78, 5) is 0. The van der Waals surface area contributed by atoms with Gasteiger partial charge in [-0.1, -0.05) is 27.7 Å². The first kappa shape index (κ1) is 12.8. The lowest BCUT2D eigenvalue weighted by Crippen LogP contribution is -2.43. The van der Waals surface area contributed by atoms with Crippen molar-refractivity contribution in [2.45, 2.75) is 53.0 Å². The molecule has 0 radical (unpaired) electrons. The van der Waals surface area contributed by atoms with Gasteiger partial charge in [0.15, 0.2) is 0 Å². The summed E-state index contributed by atoms with van der Waals surface area (Å²) < 4.78 is 0. The zero-order chi connectivity index (χ0) is 11.8. The van der Waals surface area contributed by atoms with Gasteiger partial charge in [0.05, 0.1) is 0 Å². The molecule has 2 fully saturated rings. The lowest BCUT2D eigenvalue weighted by Gasteiger charge is -2.36. The second-order valence-corrected chi connectivity index (χ2v) is 8.01. The van der Waals surface area contributed by atoms with Gasteiger partial charge in [-0.3, -0.25) is 0 Å². The van der Waals surface area contributed by atoms with Crippen LogP contribution in [0.15, 0.2) is 0 Å². The summed E-state index contributed by atoms with van der Waals surface area (Å²) in [7, 11) is 0. The standard InChI is InChI=1S/C14H27NS/c1-11(2)14(5-6-14)9-15-12-7-13(3,4)10-16-8-12/h11-12,15H,5-10H2,1-4H3. The third-order valence-corrected chi connectivity index (χ3v) is 6.09. The highest BCUT2D eigenvalue weighted by atomic mass is 32.2. The Labute approximate surface area is 105 Å². The van der Waals surface area contributed by atoms with E-state index in [0.29, 0.717) is 10.8 Å². The van der Waals surface area contributed by atoms with Crippen LogP contribution in [0, 0.1) is 16.7 Å². The summed E-state index contributed by atoms with van der Waals surface area (Å²) in [5.41, 5.74) is 1.20. The Morgan fingerprint density at radius 2 is 2.00 bits per heavy atom. The highest BCUT2D eigenvalue weighted by molar-refractivity contribution is 7.99. The molecule has 0 spiro atoms. The normalized spacial score (nSPS) is 31.7. The van der Waals surface area contributed by atoms with E-state index < -0.39 is 0 Å². The van der Waals surface area contributed by atoms with Crippen molar-refractivity contribution in [1.29, 1.82) is 0 Å². The maximum absolute atomic E-state index is 3.84. The molecular formula is C14H27NS. The van der Waals surface area contributed by atoms with Crippen molar-refractivity contribution in [1.82, 2.24) is 5.32 Å². The summed E-state index contributed by atoms with van der Waals surface area (Å²) in [5, 5.41) is 3.84. The number of hydrogen-bond donors (Lipinski definition) is 1. The molecule has 1 nitrogen and oxygen atoms in total. The van der Waals surface area contributed by atoms with E-state index in [9.17, 15) is 0 Å². The van der Waals surface area contributed by atoms with E-state index in [4.69, 9.17) is 0 Å². The van der Waals surface area contributed by atoms with Crippen molar-refractivity contribution >= 4 is 11.8 Å². The van der Waals surface area contributed by atoms with E-state index in [2.05, 4.69) is 44.8 Å². The summed E-state index contributed by atoms with van der Waals surface area (Å²) in [6, 6.07) is 0.755. The Balaban J connectivity index is 1.78. The smallest absolute Gasteiger partial charge is 0.0163 e. The minimum atomic E-state index is 0.537. The van der Waals surface area contributed by atoms with Crippen LogP contribution in [0.25, 0.3) is 0 Å². The Hall–Kier alpha value is 0.310. The molecule has 1 N–H and O–H groups in total. The molecule has 1 heterocycles. The molecule has 1 saturated heterocycles. The summed E-state index contributed by atoms with van der Waals surface area (Å²) in [5.74, 6) is 3.50. The van der Waals surface area contributed by atoms with E-state index in [1.54, 1.807) is 0 Å². The molecule has 1 unspecified atom stereocenters. The van der Waals surface area contributed by atoms with Gasteiger partial charge in [-0.25, -0.2) is 0 Å². The number of thioether (sulfide) groups is 1. The molecule has 0 aromatic carbocycles. The van der Waals surface area contributed by atoms with Crippen molar-refractivity contribution in [3.05, 3.63) is 0 Å². The van der Waals surface area contributed by atoms with Crippen LogP contribution in [0.3, 0.4) is 0 Å². The van der Waals surface area contributed by atoms with Gasteiger partial charge in [-0.05, 0) is 41.8 Å². The lowest BCUT2D eigenvalue weighted by molar-refractivity contribution is 0.277. The fourth-order valence-corrected chi connectivity index (χ4v) is 4.17. The van der Waals surface area contributed by atoms with Crippen LogP contribution in [0.2, 0.25) is 0 Å². The lowest BCUT2D eigenvalue weighted by atomic mass is 9.87. The minimum Gasteiger partial charge on any atom is -0.313 e. The van der Waals surface area contributed by atoms with Gasteiger partial charge in [0.25, 0.3) is 0 Å². The Kier molecular flexibility index (Phi) is 3.61. The van der Waals surface area contributed by atoms with E-state index in [-0.39, 0.29) is 0 Å². The monoisotopic (exact) mass is 241 g/mol. The molecule has 2 aliphatic rings. The molecule has 0 bridgehead atoms. The fourth-order valence-electron chi connectivity index (χ4n) is 2.86. The van der Waals surface area contributed by atoms with E-state index in [1.807, 2.05) is 0 Å². The van der Waals surface area contributed by atoms with Crippen molar-refractivity contribution in [2.24, 2.45) is 16.7 Å². The van der Waals surface area contributed by atoms with Crippen molar-refractivity contribution in [2.75, 3.05) is 18.1 Å². The largest absolute Gasteiger partial charge is 0.313 e. The van der Waals surface area contributed by atoms with Gasteiger partial charge < -0.3 is 5.32 Å². The molecule has 2 heteroatoms. The number of rotatable bonds is 4. The molecule has 0 aromatic rings. The third kappa shape index (κ3) is 2.95. The van der Waals surface area contributed by atoms with Crippen LogP contribution in [-0.4, -0.2) is 24.1 Å². The topological polar surface area (TPSA) is 12.0 Å². The van der Waals surface area contributed by atoms with Crippen LogP contribution in [0.4, 0.5) is 0 Å². The zero-order valence-electron chi connectivity index (χ0n) is 11.3. The predicted octanol–water partition coefficient (Wildman–Crippen LogP) is 3.54. The molecule has 0 amide bonds. The quantitative estimate of drug-likeness (QED) is 0.808. The van der Waals surface area contributed by atoms with Crippen molar-refractivity contribution in [3.8, 4) is 0 Å². The van der Waals surface area contributed by atoms with Gasteiger partial charge >= 0.3 is 0 Å². The molecule has 1 saturated carbocycles. The first-order chi connectivity index (χ1) is 7.44. The minimum absolute atomic E-state index is 0.537. The Morgan fingerprint density at radius 3 is 2.50 bits per heavy atom. The predicted molar refractivity (Wildman–Crippen MR) is 74.0 cm³/mol. The first-order valence-corrected chi connectivity index (χ1v) is 7.90. The van der Waals surface area contributed by atoms with Crippen LogP contribution in [0.1, 0.15) is 47.0 Å². The van der Waals surface area contributed by atoms with Crippen LogP contribution >= 0.6 is 11.8 Å². The third-order valence-electron chi connectivity index (χ3n) is 4.47. The van der Waals surface area contributed by atoms with Gasteiger partial charge in [0.2, 0.25) is 0 Å². The van der Waals surface area contributed by atoms with E-state index in [0.717, 1.165) is 12.0 Å². The molecule has 2 rings (SSSR count). The molecule has 1 atom stereocenters. The zero-order valence-corrected chi connectivity index (χ0v) is 12.1. The first-order valence-electron chi connectivity index (χ1n) is 6.75. The van der Waals surface area contributed by atoms with Gasteiger partial charge in [0.1, 0.15) is 0 Å². The van der Waals surface area contributed by atoms with Gasteiger partial charge in [-0.2, -0.15) is 11.8 Å². The van der Waals surface area contributed by atoms with Crippen LogP contribution in [0.5, 0.6) is 0 Å². The maximum atomic E-state index is 3.84. The number of hydrogen-bond acceptors (Lipinski definition) is 2. The highest BCUT2D eigenvalue weighted by Gasteiger charge is 2.45. The average molecular weight is 241 g/mol. The molecule has 0 aromatic heterocycles. The fraction of sp³-hybridized carbons (Fsp3) is 1.00. The van der Waals surface area contributed by atoms with Crippen molar-refractivity contribution in [3.63, 3.8) is 0 Å². The van der Waals surface area contributed by atoms with E-state index >= 15 is 0 Å². The highest BCUT2D eigenvalue weighted by Crippen LogP contribution is 2.51. The Morgan fingerprint density at radius 1 is 1.31 bits per heavy atom. The molecule has 1 aliphatic carbocycles. The van der Waals surface area contributed by atoms with Crippen molar-refractivity contribution < 1.29 is 0 Å². The molecular weight excluding hydrogens is 214 g/mol.